The van der Waals surface area contributed by atoms with Crippen molar-refractivity contribution in [3.8, 4) is 5.75 Å². The van der Waals surface area contributed by atoms with Crippen LogP contribution >= 0.6 is 22.7 Å². The zero-order chi connectivity index (χ0) is 24.4. The van der Waals surface area contributed by atoms with Gasteiger partial charge in [0.2, 0.25) is 5.91 Å². The minimum Gasteiger partial charge on any atom is -0.492 e. The van der Waals surface area contributed by atoms with Crippen LogP contribution in [0.25, 0.3) is 10.2 Å². The molecule has 4 aromatic rings. The zero-order valence-electron chi connectivity index (χ0n) is 19.1. The Hall–Kier alpha value is -2.80. The molecule has 3 aromatic heterocycles. The molecule has 1 amide bonds. The molecule has 1 aromatic carbocycles. The highest BCUT2D eigenvalue weighted by atomic mass is 32.2. The molecule has 1 aliphatic heterocycles. The van der Waals surface area contributed by atoms with Gasteiger partial charge in [-0.1, -0.05) is 23.5 Å². The number of benzene rings is 1. The van der Waals surface area contributed by atoms with Crippen molar-refractivity contribution in [3.05, 3.63) is 54.2 Å². The van der Waals surface area contributed by atoms with E-state index in [2.05, 4.69) is 5.10 Å². The molecule has 9 nitrogen and oxygen atoms in total. The molecular weight excluding hydrogens is 506 g/mol. The fourth-order valence-corrected chi connectivity index (χ4v) is 8.00. The minimum absolute atomic E-state index is 0.252. The summed E-state index contributed by atoms with van der Waals surface area (Å²) >= 11 is 2.56. The van der Waals surface area contributed by atoms with Crippen LogP contribution < -0.4 is 9.64 Å². The number of sulfonamides is 1. The van der Waals surface area contributed by atoms with E-state index in [1.807, 2.05) is 37.4 Å². The molecule has 0 aliphatic carbocycles. The summed E-state index contributed by atoms with van der Waals surface area (Å²) < 4.78 is 36.6. The quantitative estimate of drug-likeness (QED) is 0.326. The monoisotopic (exact) mass is 531 g/mol. The molecule has 4 heterocycles. The lowest BCUT2D eigenvalue weighted by Gasteiger charge is -2.28. The van der Waals surface area contributed by atoms with Crippen molar-refractivity contribution in [2.75, 3.05) is 24.6 Å². The van der Waals surface area contributed by atoms with E-state index in [1.54, 1.807) is 33.3 Å². The third-order valence-corrected chi connectivity index (χ3v) is 10.2. The van der Waals surface area contributed by atoms with Gasteiger partial charge in [0.15, 0.2) is 5.13 Å². The molecule has 1 unspecified atom stereocenters. The van der Waals surface area contributed by atoms with Gasteiger partial charge in [0.1, 0.15) is 21.5 Å². The third kappa shape index (κ3) is 4.70. The first-order valence-electron chi connectivity index (χ1n) is 11.4. The molecule has 5 rings (SSSR count). The number of carbonyl (C=O) groups excluding carboxylic acids is 1. The number of nitrogens with zero attached hydrogens (tertiary/aromatic N) is 5. The number of hydrogen-bond donors (Lipinski definition) is 0. The number of anilines is 1. The van der Waals surface area contributed by atoms with Gasteiger partial charge < -0.3 is 4.74 Å². The first kappa shape index (κ1) is 23.9. The number of rotatable bonds is 9. The molecule has 0 bridgehead atoms. The number of amides is 1. The standard InChI is InChI=1S/C23H25N5O4S3/c1-2-32-18-8-3-9-19-21(18)25-23(34-19)27(15-14-26-12-6-11-24-26)22(29)17-7-4-13-28(17)35(30,31)20-10-5-16-33-20/h3,5-6,8-12,16-17H,2,4,7,13-15H2,1H3. The van der Waals surface area contributed by atoms with Crippen LogP contribution in [0.5, 0.6) is 5.75 Å². The molecule has 1 atom stereocenters. The van der Waals surface area contributed by atoms with Crippen LogP contribution in [0.4, 0.5) is 5.13 Å². The predicted molar refractivity (Wildman–Crippen MR) is 137 cm³/mol. The normalized spacial score (nSPS) is 16.7. The van der Waals surface area contributed by atoms with E-state index in [1.165, 1.54) is 15.6 Å². The first-order valence-corrected chi connectivity index (χ1v) is 14.5. The van der Waals surface area contributed by atoms with Gasteiger partial charge in [-0.3, -0.25) is 14.4 Å². The average Bonchev–Trinajstić information content (AvgIpc) is 3.66. The van der Waals surface area contributed by atoms with Crippen LogP contribution in [0.2, 0.25) is 0 Å². The summed E-state index contributed by atoms with van der Waals surface area (Å²) in [6.07, 6.45) is 4.61. The largest absolute Gasteiger partial charge is 0.492 e. The van der Waals surface area contributed by atoms with E-state index in [0.717, 1.165) is 16.0 Å². The summed E-state index contributed by atoms with van der Waals surface area (Å²) in [5.41, 5.74) is 0.695. The topological polar surface area (TPSA) is 97.6 Å². The second kappa shape index (κ2) is 10.1. The lowest BCUT2D eigenvalue weighted by Crippen LogP contribution is -2.48. The van der Waals surface area contributed by atoms with Gasteiger partial charge in [-0.25, -0.2) is 13.4 Å². The zero-order valence-corrected chi connectivity index (χ0v) is 21.6. The van der Waals surface area contributed by atoms with Crippen LogP contribution in [0.1, 0.15) is 19.8 Å². The maximum absolute atomic E-state index is 13.9. The molecular formula is C23H25N5O4S3. The van der Waals surface area contributed by atoms with E-state index in [9.17, 15) is 13.2 Å². The fraction of sp³-hybridized carbons (Fsp3) is 0.348. The number of hydrogen-bond acceptors (Lipinski definition) is 8. The van der Waals surface area contributed by atoms with E-state index in [0.29, 0.717) is 55.5 Å². The summed E-state index contributed by atoms with van der Waals surface area (Å²) in [5.74, 6) is 0.390. The minimum atomic E-state index is -3.75. The molecule has 0 N–H and O–H groups in total. The highest BCUT2D eigenvalue weighted by molar-refractivity contribution is 7.91. The Kier molecular flexibility index (Phi) is 6.87. The van der Waals surface area contributed by atoms with Gasteiger partial charge in [-0.05, 0) is 49.4 Å². The van der Waals surface area contributed by atoms with Crippen molar-refractivity contribution in [2.45, 2.75) is 36.6 Å². The Labute approximate surface area is 211 Å². The van der Waals surface area contributed by atoms with Crippen LogP contribution in [-0.2, 0) is 21.4 Å². The van der Waals surface area contributed by atoms with Crippen molar-refractivity contribution < 1.29 is 17.9 Å². The average molecular weight is 532 g/mol. The maximum atomic E-state index is 13.9. The second-order valence-corrected chi connectivity index (χ2v) is 12.1. The number of para-hydroxylation sites is 1. The molecule has 1 saturated heterocycles. The Morgan fingerprint density at radius 2 is 2.14 bits per heavy atom. The Balaban J connectivity index is 1.50. The highest BCUT2D eigenvalue weighted by Crippen LogP contribution is 2.36. The summed E-state index contributed by atoms with van der Waals surface area (Å²) in [6, 6.07) is 10.0. The lowest BCUT2D eigenvalue weighted by molar-refractivity contribution is -0.121. The second-order valence-electron chi connectivity index (χ2n) is 8.00. The number of carbonyl (C=O) groups is 1. The molecule has 0 spiro atoms. The summed E-state index contributed by atoms with van der Waals surface area (Å²) in [4.78, 5) is 20.3. The predicted octanol–water partition coefficient (Wildman–Crippen LogP) is 3.84. The highest BCUT2D eigenvalue weighted by Gasteiger charge is 2.42. The summed E-state index contributed by atoms with van der Waals surface area (Å²) in [5, 5.41) is 6.49. The van der Waals surface area contributed by atoms with E-state index in [4.69, 9.17) is 9.72 Å². The Morgan fingerprint density at radius 1 is 1.26 bits per heavy atom. The number of aromatic nitrogens is 3. The van der Waals surface area contributed by atoms with Crippen molar-refractivity contribution in [2.24, 2.45) is 0 Å². The van der Waals surface area contributed by atoms with Crippen LogP contribution in [-0.4, -0.2) is 59.1 Å². The lowest BCUT2D eigenvalue weighted by atomic mass is 10.2. The maximum Gasteiger partial charge on any atom is 0.253 e. The molecule has 184 valence electrons. The number of thiazole rings is 1. The smallest absolute Gasteiger partial charge is 0.253 e. The molecule has 0 saturated carbocycles. The van der Waals surface area contributed by atoms with Gasteiger partial charge in [0.25, 0.3) is 10.0 Å². The van der Waals surface area contributed by atoms with Crippen LogP contribution in [0, 0.1) is 0 Å². The molecule has 1 aliphatic rings. The number of fused-ring (bicyclic) bond motifs is 1. The molecule has 12 heteroatoms. The molecule has 35 heavy (non-hydrogen) atoms. The van der Waals surface area contributed by atoms with E-state index >= 15 is 0 Å². The third-order valence-electron chi connectivity index (χ3n) is 5.83. The van der Waals surface area contributed by atoms with Crippen molar-refractivity contribution in [1.82, 2.24) is 19.1 Å². The van der Waals surface area contributed by atoms with Gasteiger partial charge in [-0.15, -0.1) is 11.3 Å². The van der Waals surface area contributed by atoms with E-state index in [-0.39, 0.29) is 10.1 Å². The Morgan fingerprint density at radius 3 is 2.89 bits per heavy atom. The molecule has 0 radical (unpaired) electrons. The van der Waals surface area contributed by atoms with Gasteiger partial charge >= 0.3 is 0 Å². The van der Waals surface area contributed by atoms with Crippen LogP contribution in [0.15, 0.2) is 58.4 Å². The van der Waals surface area contributed by atoms with Crippen molar-refractivity contribution >= 4 is 54.0 Å². The fourth-order valence-electron chi connectivity index (χ4n) is 4.21. The van der Waals surface area contributed by atoms with E-state index < -0.39 is 16.1 Å². The van der Waals surface area contributed by atoms with Crippen molar-refractivity contribution in [1.29, 1.82) is 0 Å². The van der Waals surface area contributed by atoms with Gasteiger partial charge in [0, 0.05) is 25.5 Å². The van der Waals surface area contributed by atoms with Crippen molar-refractivity contribution in [3.63, 3.8) is 0 Å². The van der Waals surface area contributed by atoms with Gasteiger partial charge in [-0.2, -0.15) is 9.40 Å². The summed E-state index contributed by atoms with van der Waals surface area (Å²) in [6.45, 7) is 3.50. The molecule has 1 fully saturated rings. The van der Waals surface area contributed by atoms with Gasteiger partial charge in [0.05, 0.1) is 17.9 Å². The summed E-state index contributed by atoms with van der Waals surface area (Å²) in [7, 11) is -3.75. The number of ether oxygens (including phenoxy) is 1. The Bertz CT molecular complexity index is 1400. The SMILES string of the molecule is CCOc1cccc2sc(N(CCn3cccn3)C(=O)C3CCCN3S(=O)(=O)c3cccs3)nc12. The number of thiophene rings is 1. The van der Waals surface area contributed by atoms with Crippen LogP contribution in [0.3, 0.4) is 0 Å². The first-order chi connectivity index (χ1) is 17.0.